The molecule has 0 spiro atoms. The lowest BCUT2D eigenvalue weighted by Crippen LogP contribution is -2.36. The number of ether oxygens (including phenoxy) is 4. The third kappa shape index (κ3) is 94.2. The maximum Gasteiger partial charge on any atom is 0.128 e. The van der Waals surface area contributed by atoms with Gasteiger partial charge in [0.15, 0.2) is 0 Å². The van der Waals surface area contributed by atoms with Crippen LogP contribution >= 0.6 is 47.0 Å². The summed E-state index contributed by atoms with van der Waals surface area (Å²) in [6.45, 7) is 24.1. The van der Waals surface area contributed by atoms with Gasteiger partial charge in [-0.15, -0.1) is 52.6 Å². The molecule has 0 heterocycles. The van der Waals surface area contributed by atoms with Crippen molar-refractivity contribution < 1.29 is 80.0 Å². The van der Waals surface area contributed by atoms with Crippen LogP contribution in [0.25, 0.3) is 0 Å². The summed E-state index contributed by atoms with van der Waals surface area (Å²) in [5.41, 5.74) is -0.383. The molecule has 0 aromatic rings. The van der Waals surface area contributed by atoms with Crippen LogP contribution in [0.4, 0.5) is 0 Å². The topological polar surface area (TPSA) is 236 Å². The SMILES string of the molecule is C.C.C.C.C.C.C.C.C.C.C.C.C.C.C.C.C=C.C=C.C=C.C=C.OCCOCC(CSCC(CSCC(COO)OO)(CSCC(COO)OO)CSCC(COCCO)OCCO)OCCO. The molecule has 0 saturated carbocycles. The van der Waals surface area contributed by atoms with E-state index in [0.717, 1.165) is 0 Å². The Labute approximate surface area is 451 Å². The second-order valence-corrected chi connectivity index (χ2v) is 13.8. The van der Waals surface area contributed by atoms with Crippen LogP contribution in [0, 0.1) is 5.41 Å². The zero-order valence-corrected chi connectivity index (χ0v) is 34.4. The lowest BCUT2D eigenvalue weighted by atomic mass is 9.99. The first-order chi connectivity index (χ1) is 26.0. The van der Waals surface area contributed by atoms with Crippen molar-refractivity contribution in [3.8, 4) is 0 Å². The van der Waals surface area contributed by atoms with Crippen LogP contribution < -0.4 is 0 Å². The summed E-state index contributed by atoms with van der Waals surface area (Å²) in [7, 11) is 0. The third-order valence-electron chi connectivity index (χ3n) is 5.64. The molecule has 0 aliphatic carbocycles. The molecule has 0 radical (unpaired) electrons. The summed E-state index contributed by atoms with van der Waals surface area (Å²) in [5.74, 6) is 4.12. The van der Waals surface area contributed by atoms with Gasteiger partial charge in [-0.2, -0.15) is 47.0 Å². The summed E-state index contributed by atoms with van der Waals surface area (Å²) in [5, 5.41) is 72.6. The Morgan fingerprint density at radius 2 is 0.551 bits per heavy atom. The fraction of sp³-hybridized carbons (Fsp3) is 0.837. The smallest absolute Gasteiger partial charge is 0.128 e. The highest BCUT2D eigenvalue weighted by atomic mass is 32.2. The van der Waals surface area contributed by atoms with Crippen LogP contribution in [0.3, 0.4) is 0 Å². The minimum absolute atomic E-state index is 0. The van der Waals surface area contributed by atoms with Crippen LogP contribution in [0.1, 0.15) is 119 Å². The van der Waals surface area contributed by atoms with E-state index in [2.05, 4.69) is 72.2 Å². The van der Waals surface area contributed by atoms with Crippen molar-refractivity contribution in [1.29, 1.82) is 0 Å². The van der Waals surface area contributed by atoms with E-state index >= 15 is 0 Å². The number of hydrogen-bond acceptors (Lipinski definition) is 20. The van der Waals surface area contributed by atoms with Gasteiger partial charge in [0.25, 0.3) is 0 Å². The fourth-order valence-electron chi connectivity index (χ4n) is 3.55. The molecule has 0 saturated heterocycles. The van der Waals surface area contributed by atoms with E-state index in [4.69, 9.17) is 39.7 Å². The minimum Gasteiger partial charge on any atom is -0.394 e. The molecule has 0 rings (SSSR count). The maximum absolute atomic E-state index is 9.23. The van der Waals surface area contributed by atoms with Gasteiger partial charge in [0.2, 0.25) is 0 Å². The maximum atomic E-state index is 9.23. The first-order valence-corrected chi connectivity index (χ1v) is 20.9. The van der Waals surface area contributed by atoms with Crippen LogP contribution in [0.15, 0.2) is 52.6 Å². The largest absolute Gasteiger partial charge is 0.394 e. The van der Waals surface area contributed by atoms with E-state index in [0.29, 0.717) is 46.0 Å². The van der Waals surface area contributed by atoms with Gasteiger partial charge in [-0.3, -0.25) is 21.0 Å². The normalized spacial score (nSPS) is 10.7. The van der Waals surface area contributed by atoms with Gasteiger partial charge in [0.05, 0.1) is 78.3 Å². The minimum atomic E-state index is -0.764. The lowest BCUT2D eigenvalue weighted by molar-refractivity contribution is -0.321. The lowest BCUT2D eigenvalue weighted by Gasteiger charge is -2.34. The van der Waals surface area contributed by atoms with Gasteiger partial charge in [0.1, 0.15) is 25.4 Å². The Bertz CT molecular complexity index is 636. The number of rotatable bonds is 36. The first-order valence-electron chi connectivity index (χ1n) is 16.2. The van der Waals surface area contributed by atoms with E-state index in [1.54, 1.807) is 23.5 Å². The quantitative estimate of drug-likeness (QED) is 0.0126. The van der Waals surface area contributed by atoms with Gasteiger partial charge in [-0.1, -0.05) is 119 Å². The summed E-state index contributed by atoms with van der Waals surface area (Å²) in [6, 6.07) is 0. The molecule has 4 unspecified atom stereocenters. The van der Waals surface area contributed by atoms with E-state index in [-0.39, 0.29) is 216 Å². The summed E-state index contributed by atoms with van der Waals surface area (Å²) in [6.07, 6.45) is -2.19. The third-order valence-corrected chi connectivity index (χ3v) is 11.3. The number of aliphatic hydroxyl groups excluding tert-OH is 4. The van der Waals surface area contributed by atoms with Crippen LogP contribution in [0.5, 0.6) is 0 Å². The van der Waals surface area contributed by atoms with Gasteiger partial charge < -0.3 is 39.4 Å². The van der Waals surface area contributed by atoms with Crippen molar-refractivity contribution in [3.05, 3.63) is 52.6 Å². The highest BCUT2D eigenvalue weighted by molar-refractivity contribution is 8.02. The monoisotopic (exact) mass is 1100 g/mol. The summed E-state index contributed by atoms with van der Waals surface area (Å²) < 4.78 is 22.4. The molecule has 0 aliphatic rings. The standard InChI is InChI=1S/C25H52O16S4.4C2H4.16CH4/c26-1-5-34-9-21(36-7-3-28)13-42-17-25(19-44-15-23(40-32)11-38-30,20-45-16-24(41-33)12-39-31)18-43-14-22(37-8-4-29)10-35-6-2-27;4*1-2;;;;;;;;;;;;;;;;/h21-24,26-33H,1-20H2;4*1-2H2;16*1H4. The Hall–Kier alpha value is -0.280. The molecule has 16 nitrogen and oxygen atoms in total. The molecular formula is C49H132O16S4. The van der Waals surface area contributed by atoms with Crippen molar-refractivity contribution in [1.82, 2.24) is 0 Å². The molecule has 0 amide bonds. The molecule has 0 fully saturated rings. The van der Waals surface area contributed by atoms with Crippen molar-refractivity contribution in [2.75, 3.05) is 125 Å². The van der Waals surface area contributed by atoms with Crippen molar-refractivity contribution >= 4 is 47.0 Å². The number of hydrogen-bond donors (Lipinski definition) is 8. The molecule has 0 aliphatic heterocycles. The van der Waals surface area contributed by atoms with Gasteiger partial charge in [-0.05, 0) is 0 Å². The predicted molar refractivity (Wildman–Crippen MR) is 326 cm³/mol. The van der Waals surface area contributed by atoms with Crippen LogP contribution in [0.2, 0.25) is 0 Å². The molecule has 8 N–H and O–H groups in total. The zero-order valence-electron chi connectivity index (χ0n) is 31.1. The Kier molecular flexibility index (Phi) is 245. The average molecular weight is 1110 g/mol. The van der Waals surface area contributed by atoms with E-state index in [9.17, 15) is 20.7 Å². The van der Waals surface area contributed by atoms with E-state index in [1.165, 1.54) is 23.5 Å². The fourth-order valence-corrected chi connectivity index (χ4v) is 9.50. The summed E-state index contributed by atoms with van der Waals surface area (Å²) >= 11 is 6.22. The Balaban J connectivity index is -0.0000000478. The van der Waals surface area contributed by atoms with Crippen LogP contribution in [-0.2, 0) is 38.5 Å². The highest BCUT2D eigenvalue weighted by Gasteiger charge is 2.32. The second kappa shape index (κ2) is 122. The molecule has 0 aromatic heterocycles. The Morgan fingerprint density at radius 1 is 0.333 bits per heavy atom. The molecule has 4 atom stereocenters. The van der Waals surface area contributed by atoms with Gasteiger partial charge >= 0.3 is 0 Å². The molecule has 448 valence electrons. The molecule has 69 heavy (non-hydrogen) atoms. The zero-order chi connectivity index (χ0) is 41.4. The summed E-state index contributed by atoms with van der Waals surface area (Å²) in [4.78, 5) is 17.1. The van der Waals surface area contributed by atoms with Crippen molar-refractivity contribution in [3.63, 3.8) is 0 Å². The van der Waals surface area contributed by atoms with Crippen molar-refractivity contribution in [2.45, 2.75) is 143 Å². The predicted octanol–water partition coefficient (Wildman–Crippen LogP) is 13.8. The Morgan fingerprint density at radius 3 is 0.739 bits per heavy atom. The molecule has 0 aromatic carbocycles. The van der Waals surface area contributed by atoms with Gasteiger partial charge in [0, 0.05) is 51.4 Å². The molecular weight excluding hydrogens is 973 g/mol. The average Bonchev–Trinajstić information content (AvgIpc) is 3.21. The first kappa shape index (κ1) is 138. The van der Waals surface area contributed by atoms with Crippen molar-refractivity contribution in [2.24, 2.45) is 5.41 Å². The van der Waals surface area contributed by atoms with Gasteiger partial charge in [-0.25, -0.2) is 19.6 Å². The highest BCUT2D eigenvalue weighted by Crippen LogP contribution is 2.36. The van der Waals surface area contributed by atoms with Crippen LogP contribution in [-0.4, -0.2) is 191 Å². The number of aliphatic hydroxyl groups is 4. The molecule has 0 bridgehead atoms. The van der Waals surface area contributed by atoms with E-state index in [1.807, 2.05) is 0 Å². The number of thioether (sulfide) groups is 4. The second-order valence-electron chi connectivity index (χ2n) is 9.64. The van der Waals surface area contributed by atoms with E-state index < -0.39 is 12.2 Å². The molecule has 20 heteroatoms.